The fourth-order valence-corrected chi connectivity index (χ4v) is 10.7. The van der Waals surface area contributed by atoms with E-state index in [-0.39, 0.29) is 17.6 Å². The van der Waals surface area contributed by atoms with Gasteiger partial charge in [-0.1, -0.05) is 31.9 Å². The van der Waals surface area contributed by atoms with Crippen molar-refractivity contribution < 1.29 is 21.9 Å². The Morgan fingerprint density at radius 1 is 1.29 bits per heavy atom. The van der Waals surface area contributed by atoms with Gasteiger partial charge in [-0.05, 0) is 18.8 Å². The van der Waals surface area contributed by atoms with Crippen LogP contribution >= 0.6 is 0 Å². The number of hydrogen-bond donors (Lipinski definition) is 1. The van der Waals surface area contributed by atoms with Gasteiger partial charge in [0.2, 0.25) is 0 Å². The lowest BCUT2D eigenvalue weighted by molar-refractivity contribution is 0.142. The molecule has 5 atom stereocenters. The van der Waals surface area contributed by atoms with Crippen molar-refractivity contribution in [3.63, 3.8) is 0 Å². The molecule has 0 aromatic heterocycles. The summed E-state index contributed by atoms with van der Waals surface area (Å²) in [6.45, 7) is 1.99. The minimum Gasteiger partial charge on any atom is -0.390 e. The van der Waals surface area contributed by atoms with E-state index in [1.54, 1.807) is 0 Å². The molecule has 0 unspecified atom stereocenters. The van der Waals surface area contributed by atoms with Gasteiger partial charge in [-0.15, -0.1) is 0 Å². The number of aliphatic hydroxyl groups is 1. The summed E-state index contributed by atoms with van der Waals surface area (Å²) in [6.07, 6.45) is 5.10. The maximum Gasteiger partial charge on any atom is 0.160 e. The van der Waals surface area contributed by atoms with E-state index in [2.05, 4.69) is 0 Å². The first kappa shape index (κ1) is 15.5. The number of rotatable bonds is 5. The molecule has 21 heavy (non-hydrogen) atoms. The standard InChI is InChI=1S/C14H22O5S2/c1-2-3-4-7-21(18,19)14-11-6-5-10(8-11)13(14)20(16,17)9-12(14)15/h5-6,10-13,15H,2-4,7-9H2,1H3/t10-,11-,12-,13+,14+/m0/s1. The minimum atomic E-state index is -3.66. The van der Waals surface area contributed by atoms with Gasteiger partial charge in [0.05, 0.1) is 22.9 Å². The predicted molar refractivity (Wildman–Crippen MR) is 80.4 cm³/mol. The molecule has 0 radical (unpaired) electrons. The Hall–Kier alpha value is -0.400. The lowest BCUT2D eigenvalue weighted by Gasteiger charge is -2.37. The molecule has 3 rings (SSSR count). The number of hydrogen-bond acceptors (Lipinski definition) is 5. The molecule has 0 aromatic carbocycles. The van der Waals surface area contributed by atoms with Crippen LogP contribution in [0.15, 0.2) is 12.2 Å². The van der Waals surface area contributed by atoms with E-state index in [0.29, 0.717) is 12.8 Å². The third-order valence-electron chi connectivity index (χ3n) is 5.38. The summed E-state index contributed by atoms with van der Waals surface area (Å²) in [6, 6.07) is 0. The molecule has 1 N–H and O–H groups in total. The average Bonchev–Trinajstić information content (AvgIpc) is 3.01. The highest BCUT2D eigenvalue weighted by Gasteiger charge is 2.74. The van der Waals surface area contributed by atoms with Gasteiger partial charge in [-0.25, -0.2) is 16.8 Å². The van der Waals surface area contributed by atoms with E-state index in [1.165, 1.54) is 0 Å². The van der Waals surface area contributed by atoms with Gasteiger partial charge >= 0.3 is 0 Å². The highest BCUT2D eigenvalue weighted by atomic mass is 32.2. The molecule has 1 aliphatic heterocycles. The molecule has 1 saturated heterocycles. The van der Waals surface area contributed by atoms with Gasteiger partial charge in [0.1, 0.15) is 4.75 Å². The van der Waals surface area contributed by atoms with Crippen molar-refractivity contribution in [2.24, 2.45) is 11.8 Å². The quantitative estimate of drug-likeness (QED) is 0.590. The second-order valence-electron chi connectivity index (χ2n) is 6.54. The largest absolute Gasteiger partial charge is 0.390 e. The summed E-state index contributed by atoms with van der Waals surface area (Å²) in [7, 11) is -7.22. The van der Waals surface area contributed by atoms with Crippen LogP contribution in [-0.2, 0) is 19.7 Å². The first-order chi connectivity index (χ1) is 9.77. The van der Waals surface area contributed by atoms with E-state index in [1.807, 2.05) is 19.1 Å². The SMILES string of the molecule is CCCCCS(=O)(=O)[C@]12[C@@H]([C@H]3C=C[C@H]1C3)S(=O)(=O)C[C@@H]2O. The molecule has 0 amide bonds. The molecule has 2 bridgehead atoms. The molecule has 1 saturated carbocycles. The number of fused-ring (bicyclic) bond motifs is 5. The van der Waals surface area contributed by atoms with Crippen LogP contribution in [0, 0.1) is 11.8 Å². The Morgan fingerprint density at radius 3 is 2.67 bits per heavy atom. The van der Waals surface area contributed by atoms with Gasteiger partial charge in [-0.3, -0.25) is 0 Å². The number of allylic oxidation sites excluding steroid dienone is 2. The zero-order valence-corrected chi connectivity index (χ0v) is 13.7. The highest BCUT2D eigenvalue weighted by molar-refractivity contribution is 7.97. The molecule has 120 valence electrons. The molecule has 5 nitrogen and oxygen atoms in total. The van der Waals surface area contributed by atoms with Crippen molar-refractivity contribution in [2.45, 2.75) is 48.7 Å². The molecule has 0 aromatic rings. The van der Waals surface area contributed by atoms with Gasteiger partial charge in [0, 0.05) is 5.92 Å². The third-order valence-corrected chi connectivity index (χ3v) is 10.6. The fraction of sp³-hybridized carbons (Fsp3) is 0.857. The highest BCUT2D eigenvalue weighted by Crippen LogP contribution is 2.59. The van der Waals surface area contributed by atoms with Crippen LogP contribution < -0.4 is 0 Å². The zero-order chi connectivity index (χ0) is 15.5. The van der Waals surface area contributed by atoms with Crippen molar-refractivity contribution in [2.75, 3.05) is 11.5 Å². The maximum atomic E-state index is 12.9. The summed E-state index contributed by atoms with van der Waals surface area (Å²) in [5.41, 5.74) is 0. The monoisotopic (exact) mass is 334 g/mol. The molecule has 7 heteroatoms. The number of aliphatic hydroxyl groups excluding tert-OH is 1. The third kappa shape index (κ3) is 1.90. The Balaban J connectivity index is 2.07. The van der Waals surface area contributed by atoms with E-state index in [4.69, 9.17) is 0 Å². The van der Waals surface area contributed by atoms with Crippen LogP contribution in [-0.4, -0.2) is 49.5 Å². The molecule has 2 fully saturated rings. The van der Waals surface area contributed by atoms with Crippen molar-refractivity contribution in [1.29, 1.82) is 0 Å². The van der Waals surface area contributed by atoms with Crippen LogP contribution in [0.3, 0.4) is 0 Å². The van der Waals surface area contributed by atoms with Crippen LogP contribution in [0.25, 0.3) is 0 Å². The van der Waals surface area contributed by atoms with E-state index in [0.717, 1.165) is 12.8 Å². The van der Waals surface area contributed by atoms with Crippen LogP contribution in [0.2, 0.25) is 0 Å². The lowest BCUT2D eigenvalue weighted by atomic mass is 9.88. The van der Waals surface area contributed by atoms with E-state index < -0.39 is 41.5 Å². The van der Waals surface area contributed by atoms with Crippen molar-refractivity contribution >= 4 is 19.7 Å². The smallest absolute Gasteiger partial charge is 0.160 e. The summed E-state index contributed by atoms with van der Waals surface area (Å²) in [5.74, 6) is -1.05. The van der Waals surface area contributed by atoms with Gasteiger partial charge in [-0.2, -0.15) is 0 Å². The number of sulfone groups is 2. The van der Waals surface area contributed by atoms with Crippen LogP contribution in [0.4, 0.5) is 0 Å². The van der Waals surface area contributed by atoms with Crippen molar-refractivity contribution in [3.05, 3.63) is 12.2 Å². The molecule has 2 aliphatic carbocycles. The lowest BCUT2D eigenvalue weighted by Crippen LogP contribution is -2.57. The zero-order valence-electron chi connectivity index (χ0n) is 12.1. The average molecular weight is 334 g/mol. The molecular weight excluding hydrogens is 312 g/mol. The summed E-state index contributed by atoms with van der Waals surface area (Å²) in [4.78, 5) is 0. The topological polar surface area (TPSA) is 88.5 Å². The van der Waals surface area contributed by atoms with Gasteiger partial charge < -0.3 is 5.11 Å². The Bertz CT molecular complexity index is 663. The first-order valence-electron chi connectivity index (χ1n) is 7.57. The van der Waals surface area contributed by atoms with Crippen molar-refractivity contribution in [3.8, 4) is 0 Å². The number of unbranched alkanes of at least 4 members (excludes halogenated alkanes) is 2. The summed E-state index contributed by atoms with van der Waals surface area (Å²) < 4.78 is 49.1. The van der Waals surface area contributed by atoms with Gasteiger partial charge in [0.25, 0.3) is 0 Å². The first-order valence-corrected chi connectivity index (χ1v) is 10.9. The second kappa shape index (κ2) is 4.80. The van der Waals surface area contributed by atoms with Crippen molar-refractivity contribution in [1.82, 2.24) is 0 Å². The normalized spacial score (nSPS) is 43.3. The Kier molecular flexibility index (Phi) is 3.54. The molecule has 0 spiro atoms. The Labute approximate surface area is 126 Å². The van der Waals surface area contributed by atoms with Gasteiger partial charge in [0.15, 0.2) is 19.7 Å². The fourth-order valence-electron chi connectivity index (χ4n) is 4.60. The van der Waals surface area contributed by atoms with Crippen LogP contribution in [0.5, 0.6) is 0 Å². The van der Waals surface area contributed by atoms with Crippen LogP contribution in [0.1, 0.15) is 32.6 Å². The molecule has 1 heterocycles. The predicted octanol–water partition coefficient (Wildman–Crippen LogP) is 0.694. The summed E-state index contributed by atoms with van der Waals surface area (Å²) >= 11 is 0. The maximum absolute atomic E-state index is 12.9. The molecule has 3 aliphatic rings. The minimum absolute atomic E-state index is 0.0268. The van der Waals surface area contributed by atoms with E-state index >= 15 is 0 Å². The summed E-state index contributed by atoms with van der Waals surface area (Å²) in [5, 5.41) is 9.46. The van der Waals surface area contributed by atoms with E-state index in [9.17, 15) is 21.9 Å². The molecular formula is C14H22O5S2. The second-order valence-corrected chi connectivity index (χ2v) is 11.0. The Morgan fingerprint density at radius 2 is 2.00 bits per heavy atom.